The van der Waals surface area contributed by atoms with Gasteiger partial charge in [0, 0.05) is 40.2 Å². The molecular weight excluding hydrogens is 398 g/mol. The number of aryl methyl sites for hydroxylation is 1. The van der Waals surface area contributed by atoms with Crippen LogP contribution in [0.1, 0.15) is 41.8 Å². The summed E-state index contributed by atoms with van der Waals surface area (Å²) in [5.74, 6) is 0.679. The summed E-state index contributed by atoms with van der Waals surface area (Å²) in [6.45, 7) is 5.95. The van der Waals surface area contributed by atoms with E-state index in [4.69, 9.17) is 4.52 Å². The van der Waals surface area contributed by atoms with Gasteiger partial charge in [0.25, 0.3) is 5.91 Å². The lowest BCUT2D eigenvalue weighted by Gasteiger charge is -2.18. The molecule has 1 unspecified atom stereocenters. The summed E-state index contributed by atoms with van der Waals surface area (Å²) in [7, 11) is 0. The highest BCUT2D eigenvalue weighted by Crippen LogP contribution is 2.26. The molecule has 30 heavy (non-hydrogen) atoms. The van der Waals surface area contributed by atoms with Crippen LogP contribution in [0.15, 0.2) is 58.7 Å². The van der Waals surface area contributed by atoms with Gasteiger partial charge in [-0.2, -0.15) is 4.98 Å². The number of nitrogens with one attached hydrogen (secondary N) is 1. The normalized spacial score (nSPS) is 12.1. The second-order valence-corrected chi connectivity index (χ2v) is 8.12. The number of pyridine rings is 1. The van der Waals surface area contributed by atoms with E-state index >= 15 is 0 Å². The molecule has 1 atom stereocenters. The molecule has 1 N–H and O–H groups in total. The summed E-state index contributed by atoms with van der Waals surface area (Å²) in [6, 6.07) is 10.7. The Morgan fingerprint density at radius 2 is 1.90 bits per heavy atom. The van der Waals surface area contributed by atoms with Crippen molar-refractivity contribution >= 4 is 17.2 Å². The number of rotatable bonds is 6. The molecule has 0 saturated carbocycles. The highest BCUT2D eigenvalue weighted by atomic mass is 32.1. The molecule has 152 valence electrons. The third-order valence-corrected chi connectivity index (χ3v) is 5.60. The number of thiazole rings is 1. The first-order valence-electron chi connectivity index (χ1n) is 9.58. The fourth-order valence-corrected chi connectivity index (χ4v) is 3.77. The van der Waals surface area contributed by atoms with E-state index in [9.17, 15) is 4.79 Å². The lowest BCUT2D eigenvalue weighted by molar-refractivity contribution is 0.0914. The van der Waals surface area contributed by atoms with Crippen LogP contribution in [-0.2, 0) is 0 Å². The minimum absolute atomic E-state index is 0.0636. The Morgan fingerprint density at radius 1 is 1.10 bits per heavy atom. The van der Waals surface area contributed by atoms with E-state index in [-0.39, 0.29) is 11.8 Å². The van der Waals surface area contributed by atoms with Crippen molar-refractivity contribution in [3.8, 4) is 22.0 Å². The Labute approximate surface area is 178 Å². The Hall–Kier alpha value is -3.39. The maximum absolute atomic E-state index is 12.8. The van der Waals surface area contributed by atoms with E-state index < -0.39 is 6.04 Å². The molecule has 0 bridgehead atoms. The van der Waals surface area contributed by atoms with E-state index in [1.54, 1.807) is 35.9 Å². The molecule has 8 heteroatoms. The number of carbonyl (C=O) groups is 1. The van der Waals surface area contributed by atoms with Gasteiger partial charge in [-0.25, -0.2) is 4.98 Å². The molecular formula is C22H21N5O2S. The Balaban J connectivity index is 1.51. The van der Waals surface area contributed by atoms with Crippen LogP contribution >= 0.6 is 11.3 Å². The van der Waals surface area contributed by atoms with Crippen LogP contribution in [0, 0.1) is 12.8 Å². The first-order chi connectivity index (χ1) is 14.5. The van der Waals surface area contributed by atoms with E-state index in [2.05, 4.69) is 25.4 Å². The van der Waals surface area contributed by atoms with Gasteiger partial charge in [-0.15, -0.1) is 11.3 Å². The summed E-state index contributed by atoms with van der Waals surface area (Å²) in [6.07, 6.45) is 3.35. The lowest BCUT2D eigenvalue weighted by atomic mass is 10.0. The summed E-state index contributed by atoms with van der Waals surface area (Å²) >= 11 is 1.59. The fraction of sp³-hybridized carbons (Fsp3) is 0.227. The molecule has 3 heterocycles. The first-order valence-corrected chi connectivity index (χ1v) is 10.5. The maximum Gasteiger partial charge on any atom is 0.251 e. The average molecular weight is 420 g/mol. The number of hydrogen-bond donors (Lipinski definition) is 1. The molecule has 0 spiro atoms. The Morgan fingerprint density at radius 3 is 2.53 bits per heavy atom. The van der Waals surface area contributed by atoms with Gasteiger partial charge >= 0.3 is 0 Å². The van der Waals surface area contributed by atoms with E-state index in [0.29, 0.717) is 17.3 Å². The lowest BCUT2D eigenvalue weighted by Crippen LogP contribution is -2.32. The first kappa shape index (κ1) is 19.9. The molecule has 0 aliphatic carbocycles. The largest absolute Gasteiger partial charge is 0.340 e. The van der Waals surface area contributed by atoms with Crippen molar-refractivity contribution in [2.24, 2.45) is 5.92 Å². The Kier molecular flexibility index (Phi) is 5.67. The number of nitrogens with zero attached hydrogens (tertiary/aromatic N) is 4. The molecule has 1 amide bonds. The van der Waals surface area contributed by atoms with Crippen LogP contribution < -0.4 is 5.32 Å². The molecule has 0 aliphatic heterocycles. The molecule has 4 aromatic rings. The highest BCUT2D eigenvalue weighted by molar-refractivity contribution is 7.13. The monoisotopic (exact) mass is 419 g/mol. The number of amides is 1. The molecule has 0 saturated heterocycles. The van der Waals surface area contributed by atoms with Crippen LogP contribution in [0.4, 0.5) is 0 Å². The zero-order valence-corrected chi connectivity index (χ0v) is 17.7. The summed E-state index contributed by atoms with van der Waals surface area (Å²) in [5.41, 5.74) is 3.30. The SMILES string of the molecule is Cc1csc(-c2ccc(C(=O)NC(c3nc(-c4cccnc4)no3)C(C)C)cc2)n1. The van der Waals surface area contributed by atoms with Gasteiger partial charge in [-0.05, 0) is 37.1 Å². The molecule has 4 rings (SSSR count). The minimum Gasteiger partial charge on any atom is -0.340 e. The Bertz CT molecular complexity index is 1140. The van der Waals surface area contributed by atoms with Gasteiger partial charge in [-0.1, -0.05) is 31.1 Å². The van der Waals surface area contributed by atoms with Crippen LogP contribution in [-0.4, -0.2) is 26.0 Å². The molecule has 0 aliphatic rings. The minimum atomic E-state index is -0.406. The van der Waals surface area contributed by atoms with E-state index in [0.717, 1.165) is 21.8 Å². The number of carbonyl (C=O) groups excluding carboxylic acids is 1. The summed E-state index contributed by atoms with van der Waals surface area (Å²) in [5, 5.41) is 9.99. The van der Waals surface area contributed by atoms with Crippen molar-refractivity contribution in [3.05, 3.63) is 71.3 Å². The van der Waals surface area contributed by atoms with Gasteiger partial charge in [0.1, 0.15) is 11.0 Å². The van der Waals surface area contributed by atoms with Crippen molar-refractivity contribution < 1.29 is 9.32 Å². The van der Waals surface area contributed by atoms with Gasteiger partial charge in [0.2, 0.25) is 11.7 Å². The van der Waals surface area contributed by atoms with Gasteiger partial charge < -0.3 is 9.84 Å². The van der Waals surface area contributed by atoms with Crippen molar-refractivity contribution in [2.75, 3.05) is 0 Å². The molecule has 3 aromatic heterocycles. The number of hydrogen-bond acceptors (Lipinski definition) is 7. The smallest absolute Gasteiger partial charge is 0.251 e. The molecule has 7 nitrogen and oxygen atoms in total. The van der Waals surface area contributed by atoms with Crippen molar-refractivity contribution in [2.45, 2.75) is 26.8 Å². The predicted octanol–water partition coefficient (Wildman–Crippen LogP) is 4.69. The second-order valence-electron chi connectivity index (χ2n) is 7.26. The number of benzene rings is 1. The molecule has 0 radical (unpaired) electrons. The van der Waals surface area contributed by atoms with Crippen LogP contribution in [0.2, 0.25) is 0 Å². The topological polar surface area (TPSA) is 93.8 Å². The predicted molar refractivity (Wildman–Crippen MR) is 115 cm³/mol. The van der Waals surface area contributed by atoms with Gasteiger partial charge in [-0.3, -0.25) is 9.78 Å². The highest BCUT2D eigenvalue weighted by Gasteiger charge is 2.25. The molecule has 0 fully saturated rings. The second kappa shape index (κ2) is 8.54. The summed E-state index contributed by atoms with van der Waals surface area (Å²) < 4.78 is 5.45. The van der Waals surface area contributed by atoms with E-state index in [1.807, 2.05) is 50.4 Å². The van der Waals surface area contributed by atoms with Crippen LogP contribution in [0.5, 0.6) is 0 Å². The van der Waals surface area contributed by atoms with Gasteiger partial charge in [0.15, 0.2) is 0 Å². The zero-order chi connectivity index (χ0) is 21.1. The van der Waals surface area contributed by atoms with Crippen molar-refractivity contribution in [3.63, 3.8) is 0 Å². The number of aromatic nitrogens is 4. The van der Waals surface area contributed by atoms with Crippen LogP contribution in [0.25, 0.3) is 22.0 Å². The van der Waals surface area contributed by atoms with E-state index in [1.165, 1.54) is 0 Å². The third-order valence-electron chi connectivity index (χ3n) is 4.59. The third kappa shape index (κ3) is 4.28. The van der Waals surface area contributed by atoms with Gasteiger partial charge in [0.05, 0.1) is 0 Å². The van der Waals surface area contributed by atoms with Crippen molar-refractivity contribution in [1.29, 1.82) is 0 Å². The zero-order valence-electron chi connectivity index (χ0n) is 16.9. The fourth-order valence-electron chi connectivity index (χ4n) is 2.96. The quantitative estimate of drug-likeness (QED) is 0.487. The van der Waals surface area contributed by atoms with Crippen molar-refractivity contribution in [1.82, 2.24) is 25.4 Å². The van der Waals surface area contributed by atoms with Crippen LogP contribution in [0.3, 0.4) is 0 Å². The maximum atomic E-state index is 12.8. The average Bonchev–Trinajstić information content (AvgIpc) is 3.42. The molecule has 1 aromatic carbocycles. The standard InChI is InChI=1S/C22H21N5O2S/c1-13(2)18(21-26-19(27-29-21)17-5-4-10-23-11-17)25-20(28)15-6-8-16(9-7-15)22-24-14(3)12-30-22/h4-13,18H,1-3H3,(H,25,28). The summed E-state index contributed by atoms with van der Waals surface area (Å²) in [4.78, 5) is 25.9.